The van der Waals surface area contributed by atoms with Crippen LogP contribution in [0.15, 0.2) is 23.1 Å². The summed E-state index contributed by atoms with van der Waals surface area (Å²) >= 11 is 0. The number of benzene rings is 1. The van der Waals surface area contributed by atoms with Crippen molar-refractivity contribution >= 4 is 10.0 Å². The smallest absolute Gasteiger partial charge is 0.242 e. The van der Waals surface area contributed by atoms with Gasteiger partial charge in [-0.1, -0.05) is 11.8 Å². The first kappa shape index (κ1) is 15.9. The molecular formula is C14H16FNO4S. The molecule has 1 atom stereocenters. The molecule has 1 unspecified atom stereocenters. The van der Waals surface area contributed by atoms with Gasteiger partial charge in [-0.15, -0.1) is 0 Å². The highest BCUT2D eigenvalue weighted by Gasteiger charge is 2.25. The summed E-state index contributed by atoms with van der Waals surface area (Å²) in [6.45, 7) is 0.702. The SMILES string of the molecule is O=S(=O)(NC1CCOC1)c1ccc(F)cc1C#CCCO. The molecule has 0 aromatic heterocycles. The van der Waals surface area contributed by atoms with Crippen LogP contribution >= 0.6 is 0 Å². The summed E-state index contributed by atoms with van der Waals surface area (Å²) in [5.41, 5.74) is 0.0786. The van der Waals surface area contributed by atoms with E-state index in [1.165, 1.54) is 6.07 Å². The Balaban J connectivity index is 2.31. The van der Waals surface area contributed by atoms with Crippen LogP contribution in [0.5, 0.6) is 0 Å². The highest BCUT2D eigenvalue weighted by molar-refractivity contribution is 7.89. The van der Waals surface area contributed by atoms with Gasteiger partial charge in [-0.25, -0.2) is 17.5 Å². The third-order valence-electron chi connectivity index (χ3n) is 2.94. The summed E-state index contributed by atoms with van der Waals surface area (Å²) in [6, 6.07) is 3.07. The standard InChI is InChI=1S/C14H16FNO4S/c15-12-4-5-14(11(9-12)3-1-2-7-17)21(18,19)16-13-6-8-20-10-13/h4-5,9,13,16-17H,2,6-8,10H2. The van der Waals surface area contributed by atoms with Gasteiger partial charge in [-0.2, -0.15) is 0 Å². The van der Waals surface area contributed by atoms with Gasteiger partial charge < -0.3 is 9.84 Å². The lowest BCUT2D eigenvalue weighted by molar-refractivity contribution is 0.192. The Kier molecular flexibility index (Phi) is 5.31. The van der Waals surface area contributed by atoms with E-state index in [1.54, 1.807) is 0 Å². The molecule has 1 saturated heterocycles. The Morgan fingerprint density at radius 2 is 2.29 bits per heavy atom. The second kappa shape index (κ2) is 7.00. The van der Waals surface area contributed by atoms with E-state index >= 15 is 0 Å². The fourth-order valence-electron chi connectivity index (χ4n) is 1.96. The molecule has 0 spiro atoms. The topological polar surface area (TPSA) is 75.6 Å². The number of rotatable bonds is 4. The number of sulfonamides is 1. The number of aliphatic hydroxyl groups excluding tert-OH is 1. The van der Waals surface area contributed by atoms with Gasteiger partial charge in [0, 0.05) is 24.6 Å². The second-order valence-electron chi connectivity index (χ2n) is 4.60. The predicted octanol–water partition coefficient (Wildman–Crippen LogP) is 0.627. The maximum Gasteiger partial charge on any atom is 0.242 e. The van der Waals surface area contributed by atoms with Crippen LogP contribution < -0.4 is 4.72 Å². The molecule has 21 heavy (non-hydrogen) atoms. The minimum Gasteiger partial charge on any atom is -0.395 e. The summed E-state index contributed by atoms with van der Waals surface area (Å²) in [4.78, 5) is -0.0683. The van der Waals surface area contributed by atoms with Crippen LogP contribution in [0.3, 0.4) is 0 Å². The van der Waals surface area contributed by atoms with Crippen molar-refractivity contribution in [2.24, 2.45) is 0 Å². The maximum atomic E-state index is 13.3. The molecular weight excluding hydrogens is 297 g/mol. The first-order valence-corrected chi connectivity index (χ1v) is 8.00. The molecule has 2 rings (SSSR count). The molecule has 0 radical (unpaired) electrons. The first-order valence-electron chi connectivity index (χ1n) is 6.52. The van der Waals surface area contributed by atoms with E-state index in [4.69, 9.17) is 9.84 Å². The zero-order valence-electron chi connectivity index (χ0n) is 11.3. The molecule has 2 N–H and O–H groups in total. The molecule has 0 bridgehead atoms. The van der Waals surface area contributed by atoms with Crippen LogP contribution in [-0.4, -0.2) is 39.4 Å². The largest absolute Gasteiger partial charge is 0.395 e. The average Bonchev–Trinajstić information content (AvgIpc) is 2.91. The molecule has 1 heterocycles. The van der Waals surface area contributed by atoms with Gasteiger partial charge >= 0.3 is 0 Å². The van der Waals surface area contributed by atoms with E-state index < -0.39 is 15.8 Å². The number of ether oxygens (including phenoxy) is 1. The summed E-state index contributed by atoms with van der Waals surface area (Å²) in [6.07, 6.45) is 0.797. The average molecular weight is 313 g/mol. The number of aliphatic hydroxyl groups is 1. The first-order chi connectivity index (χ1) is 10.0. The van der Waals surface area contributed by atoms with Crippen LogP contribution in [0.2, 0.25) is 0 Å². The van der Waals surface area contributed by atoms with Gasteiger partial charge in [0.1, 0.15) is 5.82 Å². The van der Waals surface area contributed by atoms with Crippen LogP contribution in [0.1, 0.15) is 18.4 Å². The third kappa shape index (κ3) is 4.25. The van der Waals surface area contributed by atoms with Crippen LogP contribution in [0.25, 0.3) is 0 Å². The van der Waals surface area contributed by atoms with E-state index in [9.17, 15) is 12.8 Å². The second-order valence-corrected chi connectivity index (χ2v) is 6.28. The fraction of sp³-hybridized carbons (Fsp3) is 0.429. The van der Waals surface area contributed by atoms with Crippen LogP contribution in [-0.2, 0) is 14.8 Å². The van der Waals surface area contributed by atoms with Gasteiger partial charge in [-0.3, -0.25) is 0 Å². The van der Waals surface area contributed by atoms with Crippen molar-refractivity contribution in [3.8, 4) is 11.8 Å². The van der Waals surface area contributed by atoms with Gasteiger partial charge in [0.05, 0.1) is 18.1 Å². The van der Waals surface area contributed by atoms with Gasteiger partial charge in [0.25, 0.3) is 0 Å². The van der Waals surface area contributed by atoms with Gasteiger partial charge in [0.2, 0.25) is 10.0 Å². The fourth-order valence-corrected chi connectivity index (χ4v) is 3.36. The summed E-state index contributed by atoms with van der Waals surface area (Å²) in [7, 11) is -3.79. The van der Waals surface area contributed by atoms with Crippen molar-refractivity contribution in [1.82, 2.24) is 4.72 Å². The molecule has 0 saturated carbocycles. The van der Waals surface area contributed by atoms with Crippen molar-refractivity contribution in [1.29, 1.82) is 0 Å². The maximum absolute atomic E-state index is 13.3. The van der Waals surface area contributed by atoms with E-state index in [1.807, 2.05) is 0 Å². The van der Waals surface area contributed by atoms with Gasteiger partial charge in [0.15, 0.2) is 0 Å². The van der Waals surface area contributed by atoms with E-state index in [0.717, 1.165) is 12.1 Å². The molecule has 0 aliphatic carbocycles. The zero-order valence-corrected chi connectivity index (χ0v) is 12.1. The zero-order chi connectivity index (χ0) is 15.3. The number of halogens is 1. The molecule has 7 heteroatoms. The van der Waals surface area contributed by atoms with Crippen molar-refractivity contribution in [2.75, 3.05) is 19.8 Å². The number of nitrogens with one attached hydrogen (secondary N) is 1. The summed E-state index contributed by atoms with van der Waals surface area (Å²) in [5, 5.41) is 8.70. The lowest BCUT2D eigenvalue weighted by Gasteiger charge is -2.12. The minimum absolute atomic E-state index is 0.0683. The van der Waals surface area contributed by atoms with Crippen molar-refractivity contribution in [3.63, 3.8) is 0 Å². The number of hydrogen-bond acceptors (Lipinski definition) is 4. The molecule has 1 aromatic carbocycles. The number of hydrogen-bond donors (Lipinski definition) is 2. The third-order valence-corrected chi connectivity index (χ3v) is 4.52. The van der Waals surface area contributed by atoms with Crippen molar-refractivity contribution in [3.05, 3.63) is 29.6 Å². The molecule has 5 nitrogen and oxygen atoms in total. The molecule has 1 aliphatic heterocycles. The summed E-state index contributed by atoms with van der Waals surface area (Å²) in [5.74, 6) is 4.62. The van der Waals surface area contributed by atoms with E-state index in [0.29, 0.717) is 19.6 Å². The van der Waals surface area contributed by atoms with E-state index in [2.05, 4.69) is 16.6 Å². The highest BCUT2D eigenvalue weighted by atomic mass is 32.2. The van der Waals surface area contributed by atoms with Crippen LogP contribution in [0, 0.1) is 17.7 Å². The highest BCUT2D eigenvalue weighted by Crippen LogP contribution is 2.18. The molecule has 114 valence electrons. The lowest BCUT2D eigenvalue weighted by Crippen LogP contribution is -2.35. The molecule has 1 aromatic rings. The Hall–Kier alpha value is -1.46. The lowest BCUT2D eigenvalue weighted by atomic mass is 10.2. The normalized spacial score (nSPS) is 18.3. The van der Waals surface area contributed by atoms with E-state index in [-0.39, 0.29) is 29.5 Å². The van der Waals surface area contributed by atoms with Gasteiger partial charge in [-0.05, 0) is 24.6 Å². The molecule has 1 fully saturated rings. The minimum atomic E-state index is -3.79. The monoisotopic (exact) mass is 313 g/mol. The Labute approximate surface area is 123 Å². The van der Waals surface area contributed by atoms with Crippen LogP contribution in [0.4, 0.5) is 4.39 Å². The summed E-state index contributed by atoms with van der Waals surface area (Å²) < 4.78 is 45.6. The quantitative estimate of drug-likeness (QED) is 0.799. The Morgan fingerprint density at radius 1 is 1.48 bits per heavy atom. The molecule has 1 aliphatic rings. The Morgan fingerprint density at radius 3 is 2.95 bits per heavy atom. The van der Waals surface area contributed by atoms with Crippen molar-refractivity contribution in [2.45, 2.75) is 23.8 Å². The van der Waals surface area contributed by atoms with Crippen molar-refractivity contribution < 1.29 is 22.7 Å². The molecule has 0 amide bonds. The predicted molar refractivity (Wildman–Crippen MR) is 74.5 cm³/mol. The Bertz CT molecular complexity index is 657.